The fraction of sp³-hybridized carbons (Fsp3) is 0.409. The molecule has 0 saturated heterocycles. The standard InChI is InChI=1S/C22H29NO4/c1-16(27-18-10-8-9-17(15-18)25-5)21(24)23-13-14-26-20-12-7-6-11-19(20)22(2,3)4/h6-12,15-16H,13-14H2,1-5H3,(H,23,24). The number of ether oxygens (including phenoxy) is 3. The second kappa shape index (κ2) is 9.31. The first kappa shape index (κ1) is 20.6. The van der Waals surface area contributed by atoms with E-state index in [-0.39, 0.29) is 11.3 Å². The lowest BCUT2D eigenvalue weighted by molar-refractivity contribution is -0.127. The van der Waals surface area contributed by atoms with E-state index in [2.05, 4.69) is 32.2 Å². The molecular weight excluding hydrogens is 342 g/mol. The van der Waals surface area contributed by atoms with E-state index >= 15 is 0 Å². The first-order valence-corrected chi connectivity index (χ1v) is 9.12. The molecule has 2 rings (SSSR count). The lowest BCUT2D eigenvalue weighted by Gasteiger charge is -2.22. The number of carbonyl (C=O) groups excluding carboxylic acids is 1. The zero-order valence-corrected chi connectivity index (χ0v) is 16.7. The fourth-order valence-electron chi connectivity index (χ4n) is 2.62. The third-order valence-corrected chi connectivity index (χ3v) is 4.08. The SMILES string of the molecule is COc1cccc(OC(C)C(=O)NCCOc2ccccc2C(C)(C)C)c1. The monoisotopic (exact) mass is 371 g/mol. The Bertz CT molecular complexity index is 752. The van der Waals surface area contributed by atoms with Crippen molar-refractivity contribution >= 4 is 5.91 Å². The van der Waals surface area contributed by atoms with Crippen molar-refractivity contribution in [1.29, 1.82) is 0 Å². The predicted molar refractivity (Wildman–Crippen MR) is 107 cm³/mol. The molecule has 0 heterocycles. The Morgan fingerprint density at radius 2 is 1.78 bits per heavy atom. The average Bonchev–Trinajstić information content (AvgIpc) is 2.64. The number of hydrogen-bond donors (Lipinski definition) is 1. The minimum atomic E-state index is -0.612. The van der Waals surface area contributed by atoms with Crippen LogP contribution >= 0.6 is 0 Å². The highest BCUT2D eigenvalue weighted by Gasteiger charge is 2.18. The first-order valence-electron chi connectivity index (χ1n) is 9.12. The number of rotatable bonds is 8. The average molecular weight is 371 g/mol. The second-order valence-electron chi connectivity index (χ2n) is 7.32. The van der Waals surface area contributed by atoms with E-state index in [0.717, 1.165) is 11.3 Å². The van der Waals surface area contributed by atoms with E-state index < -0.39 is 6.10 Å². The minimum Gasteiger partial charge on any atom is -0.497 e. The van der Waals surface area contributed by atoms with Crippen LogP contribution < -0.4 is 19.5 Å². The Balaban J connectivity index is 1.81. The van der Waals surface area contributed by atoms with E-state index in [1.807, 2.05) is 30.3 Å². The number of methoxy groups -OCH3 is 1. The molecule has 0 bridgehead atoms. The van der Waals surface area contributed by atoms with E-state index in [9.17, 15) is 4.79 Å². The largest absolute Gasteiger partial charge is 0.497 e. The zero-order valence-electron chi connectivity index (χ0n) is 16.7. The van der Waals surface area contributed by atoms with Gasteiger partial charge in [0.15, 0.2) is 6.10 Å². The molecule has 27 heavy (non-hydrogen) atoms. The summed E-state index contributed by atoms with van der Waals surface area (Å²) in [7, 11) is 1.59. The summed E-state index contributed by atoms with van der Waals surface area (Å²) in [6.07, 6.45) is -0.612. The quantitative estimate of drug-likeness (QED) is 0.714. The van der Waals surface area contributed by atoms with Crippen molar-refractivity contribution in [2.75, 3.05) is 20.3 Å². The lowest BCUT2D eigenvalue weighted by atomic mass is 9.86. The molecule has 0 radical (unpaired) electrons. The van der Waals surface area contributed by atoms with Gasteiger partial charge in [-0.25, -0.2) is 0 Å². The summed E-state index contributed by atoms with van der Waals surface area (Å²) in [6, 6.07) is 15.2. The van der Waals surface area contributed by atoms with Gasteiger partial charge in [0.2, 0.25) is 0 Å². The normalized spacial score (nSPS) is 12.2. The Labute approximate surface area is 161 Å². The van der Waals surface area contributed by atoms with Crippen LogP contribution in [0.4, 0.5) is 0 Å². The van der Waals surface area contributed by atoms with Gasteiger partial charge in [-0.2, -0.15) is 0 Å². The lowest BCUT2D eigenvalue weighted by Crippen LogP contribution is -2.38. The predicted octanol–water partition coefficient (Wildman–Crippen LogP) is 3.96. The highest BCUT2D eigenvalue weighted by molar-refractivity contribution is 5.80. The second-order valence-corrected chi connectivity index (χ2v) is 7.32. The van der Waals surface area contributed by atoms with Gasteiger partial charge in [-0.3, -0.25) is 4.79 Å². The molecule has 2 aromatic rings. The Hall–Kier alpha value is -2.69. The number of hydrogen-bond acceptors (Lipinski definition) is 4. The van der Waals surface area contributed by atoms with Gasteiger partial charge in [0.25, 0.3) is 5.91 Å². The molecule has 0 aliphatic rings. The molecule has 1 N–H and O–H groups in total. The van der Waals surface area contributed by atoms with Crippen molar-refractivity contribution in [3.63, 3.8) is 0 Å². The number of carbonyl (C=O) groups is 1. The van der Waals surface area contributed by atoms with Crippen LogP contribution in [0.15, 0.2) is 48.5 Å². The molecule has 5 nitrogen and oxygen atoms in total. The molecule has 0 aliphatic carbocycles. The molecular formula is C22H29NO4. The zero-order chi connectivity index (χ0) is 19.9. The van der Waals surface area contributed by atoms with Gasteiger partial charge in [-0.05, 0) is 36.1 Å². The van der Waals surface area contributed by atoms with Crippen molar-refractivity contribution in [3.8, 4) is 17.2 Å². The summed E-state index contributed by atoms with van der Waals surface area (Å²) < 4.78 is 16.7. The highest BCUT2D eigenvalue weighted by Crippen LogP contribution is 2.30. The number of nitrogens with one attached hydrogen (secondary N) is 1. The van der Waals surface area contributed by atoms with Gasteiger partial charge in [0.1, 0.15) is 23.9 Å². The fourth-order valence-corrected chi connectivity index (χ4v) is 2.62. The maximum atomic E-state index is 12.2. The molecule has 1 unspecified atom stereocenters. The summed E-state index contributed by atoms with van der Waals surface area (Å²) in [5.74, 6) is 1.93. The van der Waals surface area contributed by atoms with Crippen molar-refractivity contribution in [2.24, 2.45) is 0 Å². The Morgan fingerprint density at radius 1 is 1.07 bits per heavy atom. The molecule has 0 fully saturated rings. The molecule has 5 heteroatoms. The van der Waals surface area contributed by atoms with Crippen molar-refractivity contribution < 1.29 is 19.0 Å². The van der Waals surface area contributed by atoms with Gasteiger partial charge >= 0.3 is 0 Å². The third-order valence-electron chi connectivity index (χ3n) is 4.08. The van der Waals surface area contributed by atoms with Crippen molar-refractivity contribution in [2.45, 2.75) is 39.2 Å². The minimum absolute atomic E-state index is 0.00106. The summed E-state index contributed by atoms with van der Waals surface area (Å²) in [5.41, 5.74) is 1.14. The van der Waals surface area contributed by atoms with Gasteiger partial charge in [0.05, 0.1) is 13.7 Å². The maximum absolute atomic E-state index is 12.2. The van der Waals surface area contributed by atoms with E-state index in [0.29, 0.717) is 24.7 Å². The van der Waals surface area contributed by atoms with Crippen LogP contribution in [0.1, 0.15) is 33.3 Å². The summed E-state index contributed by atoms with van der Waals surface area (Å²) in [4.78, 5) is 12.2. The van der Waals surface area contributed by atoms with E-state index in [1.54, 1.807) is 26.2 Å². The van der Waals surface area contributed by atoms with E-state index in [4.69, 9.17) is 14.2 Å². The van der Waals surface area contributed by atoms with Crippen LogP contribution in [0.2, 0.25) is 0 Å². The Morgan fingerprint density at radius 3 is 2.48 bits per heavy atom. The number of amides is 1. The Kier molecular flexibility index (Phi) is 7.11. The van der Waals surface area contributed by atoms with Gasteiger partial charge < -0.3 is 19.5 Å². The maximum Gasteiger partial charge on any atom is 0.260 e. The van der Waals surface area contributed by atoms with Crippen LogP contribution in [-0.4, -0.2) is 32.3 Å². The van der Waals surface area contributed by atoms with Crippen LogP contribution in [0, 0.1) is 0 Å². The number of benzene rings is 2. The molecule has 2 aromatic carbocycles. The molecule has 0 spiro atoms. The molecule has 1 atom stereocenters. The van der Waals surface area contributed by atoms with Crippen LogP contribution in [0.25, 0.3) is 0 Å². The third kappa shape index (κ3) is 6.20. The van der Waals surface area contributed by atoms with Crippen LogP contribution in [0.5, 0.6) is 17.2 Å². The van der Waals surface area contributed by atoms with Crippen molar-refractivity contribution in [1.82, 2.24) is 5.32 Å². The molecule has 146 valence electrons. The topological polar surface area (TPSA) is 56.8 Å². The summed E-state index contributed by atoms with van der Waals surface area (Å²) >= 11 is 0. The molecule has 0 saturated carbocycles. The van der Waals surface area contributed by atoms with Crippen LogP contribution in [0.3, 0.4) is 0 Å². The van der Waals surface area contributed by atoms with Gasteiger partial charge in [0, 0.05) is 6.07 Å². The van der Waals surface area contributed by atoms with E-state index in [1.165, 1.54) is 0 Å². The van der Waals surface area contributed by atoms with Gasteiger partial charge in [-0.1, -0.05) is 45.0 Å². The molecule has 0 aliphatic heterocycles. The number of para-hydroxylation sites is 1. The smallest absolute Gasteiger partial charge is 0.260 e. The molecule has 1 amide bonds. The van der Waals surface area contributed by atoms with Crippen LogP contribution in [-0.2, 0) is 10.2 Å². The molecule has 0 aromatic heterocycles. The summed E-state index contributed by atoms with van der Waals surface area (Å²) in [5, 5.41) is 2.84. The van der Waals surface area contributed by atoms with Gasteiger partial charge in [-0.15, -0.1) is 0 Å². The summed E-state index contributed by atoms with van der Waals surface area (Å²) in [6.45, 7) is 8.95. The highest BCUT2D eigenvalue weighted by atomic mass is 16.5. The van der Waals surface area contributed by atoms with Crippen molar-refractivity contribution in [3.05, 3.63) is 54.1 Å². The first-order chi connectivity index (χ1) is 12.8.